The number of hydrogen-bond donors (Lipinski definition) is 1. The fraction of sp³-hybridized carbons (Fsp3) is 1.00. The molecular weight excluding hydrogens is 172 g/mol. The van der Waals surface area contributed by atoms with Gasteiger partial charge in [-0.15, -0.1) is 0 Å². The highest BCUT2D eigenvalue weighted by Gasteiger charge is 2.30. The van der Waals surface area contributed by atoms with E-state index in [0.717, 1.165) is 24.9 Å². The van der Waals surface area contributed by atoms with Gasteiger partial charge in [-0.25, -0.2) is 0 Å². The maximum atomic E-state index is 3.55. The molecule has 0 aromatic heterocycles. The smallest absolute Gasteiger partial charge is 0.0277 e. The summed E-state index contributed by atoms with van der Waals surface area (Å²) in [6.07, 6.45) is 0. The lowest BCUT2D eigenvalue weighted by Crippen LogP contribution is -2.50. The third kappa shape index (κ3) is 3.25. The van der Waals surface area contributed by atoms with Crippen molar-refractivity contribution in [3.63, 3.8) is 0 Å². The first-order valence-electron chi connectivity index (χ1n) is 5.87. The zero-order valence-electron chi connectivity index (χ0n) is 10.4. The summed E-state index contributed by atoms with van der Waals surface area (Å²) in [4.78, 5) is 2.64. The topological polar surface area (TPSA) is 15.3 Å². The van der Waals surface area contributed by atoms with Crippen molar-refractivity contribution >= 4 is 0 Å². The Kier molecular flexibility index (Phi) is 3.96. The summed E-state index contributed by atoms with van der Waals surface area (Å²) < 4.78 is 0. The largest absolute Gasteiger partial charge is 0.315 e. The molecule has 84 valence electrons. The molecule has 1 saturated heterocycles. The SMILES string of the molecule is CC(C)CN1CC(C)CNCC1(C)C. The molecular formula is C12H26N2. The second kappa shape index (κ2) is 4.63. The lowest BCUT2D eigenvalue weighted by atomic mass is 10.0. The van der Waals surface area contributed by atoms with Gasteiger partial charge in [0, 0.05) is 25.2 Å². The van der Waals surface area contributed by atoms with Crippen LogP contribution in [0.5, 0.6) is 0 Å². The molecule has 1 unspecified atom stereocenters. The normalized spacial score (nSPS) is 29.1. The van der Waals surface area contributed by atoms with Gasteiger partial charge in [-0.05, 0) is 32.2 Å². The van der Waals surface area contributed by atoms with Crippen LogP contribution in [0.3, 0.4) is 0 Å². The second-order valence-corrected chi connectivity index (χ2v) is 5.85. The summed E-state index contributed by atoms with van der Waals surface area (Å²) in [5.41, 5.74) is 0.315. The van der Waals surface area contributed by atoms with Gasteiger partial charge >= 0.3 is 0 Å². The van der Waals surface area contributed by atoms with Crippen molar-refractivity contribution in [1.82, 2.24) is 10.2 Å². The maximum absolute atomic E-state index is 3.55. The quantitative estimate of drug-likeness (QED) is 0.730. The molecule has 1 heterocycles. The molecule has 2 nitrogen and oxygen atoms in total. The van der Waals surface area contributed by atoms with Gasteiger partial charge in [0.1, 0.15) is 0 Å². The molecule has 0 bridgehead atoms. The molecule has 1 aliphatic heterocycles. The van der Waals surface area contributed by atoms with E-state index in [9.17, 15) is 0 Å². The molecule has 1 N–H and O–H groups in total. The highest BCUT2D eigenvalue weighted by Crippen LogP contribution is 2.19. The average molecular weight is 198 g/mol. The Morgan fingerprint density at radius 1 is 1.43 bits per heavy atom. The molecule has 0 radical (unpaired) electrons. The highest BCUT2D eigenvalue weighted by molar-refractivity contribution is 4.88. The maximum Gasteiger partial charge on any atom is 0.0277 e. The molecule has 2 heteroatoms. The first-order valence-corrected chi connectivity index (χ1v) is 5.87. The molecule has 1 atom stereocenters. The van der Waals surface area contributed by atoms with E-state index < -0.39 is 0 Å². The van der Waals surface area contributed by atoms with Crippen molar-refractivity contribution in [1.29, 1.82) is 0 Å². The van der Waals surface area contributed by atoms with Gasteiger partial charge in [-0.1, -0.05) is 20.8 Å². The zero-order valence-corrected chi connectivity index (χ0v) is 10.4. The Balaban J connectivity index is 2.64. The first kappa shape index (κ1) is 12.0. The van der Waals surface area contributed by atoms with Gasteiger partial charge in [0.15, 0.2) is 0 Å². The molecule has 0 aromatic carbocycles. The van der Waals surface area contributed by atoms with Gasteiger partial charge < -0.3 is 5.32 Å². The molecule has 0 amide bonds. The van der Waals surface area contributed by atoms with E-state index in [4.69, 9.17) is 0 Å². The Morgan fingerprint density at radius 3 is 2.64 bits per heavy atom. The fourth-order valence-electron chi connectivity index (χ4n) is 2.19. The van der Waals surface area contributed by atoms with Gasteiger partial charge in [0.05, 0.1) is 0 Å². The third-order valence-electron chi connectivity index (χ3n) is 3.02. The second-order valence-electron chi connectivity index (χ2n) is 5.85. The first-order chi connectivity index (χ1) is 6.42. The van der Waals surface area contributed by atoms with E-state index in [1.807, 2.05) is 0 Å². The minimum Gasteiger partial charge on any atom is -0.315 e. The summed E-state index contributed by atoms with van der Waals surface area (Å²) in [5.74, 6) is 1.54. The van der Waals surface area contributed by atoms with Crippen LogP contribution in [0.15, 0.2) is 0 Å². The standard InChI is InChI=1S/C12H26N2/c1-10(2)7-14-8-11(3)6-13-9-12(14,4)5/h10-11,13H,6-9H2,1-5H3. The van der Waals surface area contributed by atoms with Crippen LogP contribution in [0, 0.1) is 11.8 Å². The molecule has 1 aliphatic rings. The van der Waals surface area contributed by atoms with E-state index in [2.05, 4.69) is 44.8 Å². The van der Waals surface area contributed by atoms with E-state index >= 15 is 0 Å². The number of nitrogens with zero attached hydrogens (tertiary/aromatic N) is 1. The molecule has 1 rings (SSSR count). The predicted molar refractivity (Wildman–Crippen MR) is 62.5 cm³/mol. The summed E-state index contributed by atoms with van der Waals surface area (Å²) in [6, 6.07) is 0. The van der Waals surface area contributed by atoms with Crippen LogP contribution in [0.1, 0.15) is 34.6 Å². The Bertz CT molecular complexity index is 175. The van der Waals surface area contributed by atoms with Crippen LogP contribution >= 0.6 is 0 Å². The molecule has 14 heavy (non-hydrogen) atoms. The molecule has 1 fully saturated rings. The van der Waals surface area contributed by atoms with Crippen LogP contribution in [-0.2, 0) is 0 Å². The van der Waals surface area contributed by atoms with Crippen molar-refractivity contribution in [2.24, 2.45) is 11.8 Å². The summed E-state index contributed by atoms with van der Waals surface area (Å²) in [7, 11) is 0. The van der Waals surface area contributed by atoms with Crippen molar-refractivity contribution in [3.8, 4) is 0 Å². The number of rotatable bonds is 2. The Morgan fingerprint density at radius 2 is 2.07 bits per heavy atom. The number of nitrogens with one attached hydrogen (secondary N) is 1. The predicted octanol–water partition coefficient (Wildman–Crippen LogP) is 1.96. The van der Waals surface area contributed by atoms with Crippen molar-refractivity contribution < 1.29 is 0 Å². The van der Waals surface area contributed by atoms with Crippen molar-refractivity contribution in [3.05, 3.63) is 0 Å². The Hall–Kier alpha value is -0.0800. The molecule has 0 saturated carbocycles. The monoisotopic (exact) mass is 198 g/mol. The molecule has 0 aromatic rings. The summed E-state index contributed by atoms with van der Waals surface area (Å²) in [6.45, 7) is 16.4. The molecule has 0 aliphatic carbocycles. The summed E-state index contributed by atoms with van der Waals surface area (Å²) >= 11 is 0. The van der Waals surface area contributed by atoms with E-state index in [-0.39, 0.29) is 0 Å². The van der Waals surface area contributed by atoms with E-state index in [0.29, 0.717) is 5.54 Å². The minimum absolute atomic E-state index is 0.315. The third-order valence-corrected chi connectivity index (χ3v) is 3.02. The van der Waals surface area contributed by atoms with Crippen LogP contribution in [0.2, 0.25) is 0 Å². The van der Waals surface area contributed by atoms with Crippen LogP contribution in [-0.4, -0.2) is 36.6 Å². The minimum atomic E-state index is 0.315. The average Bonchev–Trinajstić information content (AvgIpc) is 2.11. The van der Waals surface area contributed by atoms with Gasteiger partial charge in [0.25, 0.3) is 0 Å². The highest BCUT2D eigenvalue weighted by atomic mass is 15.2. The fourth-order valence-corrected chi connectivity index (χ4v) is 2.19. The van der Waals surface area contributed by atoms with Crippen LogP contribution in [0.25, 0.3) is 0 Å². The Labute approximate surface area is 89.1 Å². The number of hydrogen-bond acceptors (Lipinski definition) is 2. The summed E-state index contributed by atoms with van der Waals surface area (Å²) in [5, 5.41) is 3.55. The van der Waals surface area contributed by atoms with Crippen molar-refractivity contribution in [2.75, 3.05) is 26.2 Å². The van der Waals surface area contributed by atoms with Crippen LogP contribution < -0.4 is 5.32 Å². The van der Waals surface area contributed by atoms with Gasteiger partial charge in [-0.2, -0.15) is 0 Å². The lowest BCUT2D eigenvalue weighted by Gasteiger charge is -2.38. The van der Waals surface area contributed by atoms with Gasteiger partial charge in [0.2, 0.25) is 0 Å². The van der Waals surface area contributed by atoms with Crippen molar-refractivity contribution in [2.45, 2.75) is 40.2 Å². The lowest BCUT2D eigenvalue weighted by molar-refractivity contribution is 0.107. The van der Waals surface area contributed by atoms with Crippen LogP contribution in [0.4, 0.5) is 0 Å². The van der Waals surface area contributed by atoms with E-state index in [1.165, 1.54) is 13.1 Å². The molecule has 0 spiro atoms. The van der Waals surface area contributed by atoms with E-state index in [1.54, 1.807) is 0 Å². The zero-order chi connectivity index (χ0) is 10.8. The van der Waals surface area contributed by atoms with Gasteiger partial charge in [-0.3, -0.25) is 4.90 Å².